The van der Waals surface area contributed by atoms with Crippen molar-refractivity contribution < 1.29 is 32.3 Å². The second-order valence-corrected chi connectivity index (χ2v) is 8.96. The normalized spacial score (nSPS) is 15.4. The van der Waals surface area contributed by atoms with Crippen molar-refractivity contribution in [2.75, 3.05) is 23.4 Å². The molecule has 202 valence electrons. The highest BCUT2D eigenvalue weighted by atomic mass is 19.4. The molecule has 11 heteroatoms. The van der Waals surface area contributed by atoms with Gasteiger partial charge in [0.15, 0.2) is 6.61 Å². The third-order valence-corrected chi connectivity index (χ3v) is 5.95. The number of rotatable bonds is 8. The van der Waals surface area contributed by atoms with Gasteiger partial charge in [-0.05, 0) is 67.1 Å². The van der Waals surface area contributed by atoms with Gasteiger partial charge in [-0.25, -0.2) is 5.43 Å². The van der Waals surface area contributed by atoms with Gasteiger partial charge in [0.05, 0.1) is 17.7 Å². The second-order valence-electron chi connectivity index (χ2n) is 8.96. The summed E-state index contributed by atoms with van der Waals surface area (Å²) >= 11 is 0. The fourth-order valence-electron chi connectivity index (χ4n) is 3.89. The predicted octanol–water partition coefficient (Wildman–Crippen LogP) is 4.53. The van der Waals surface area contributed by atoms with E-state index in [1.54, 1.807) is 29.2 Å². The van der Waals surface area contributed by atoms with Gasteiger partial charge in [-0.1, -0.05) is 23.8 Å². The molecule has 0 aliphatic carbocycles. The topological polar surface area (TPSA) is 100 Å². The van der Waals surface area contributed by atoms with Gasteiger partial charge in [-0.15, -0.1) is 0 Å². The van der Waals surface area contributed by atoms with Gasteiger partial charge in [0.2, 0.25) is 11.8 Å². The number of hydrogen-bond donors (Lipinski definition) is 2. The molecule has 3 amide bonds. The number of carbonyl (C=O) groups excluding carboxylic acids is 3. The first kappa shape index (κ1) is 27.4. The molecule has 1 aliphatic heterocycles. The average molecular weight is 539 g/mol. The van der Waals surface area contributed by atoms with Crippen molar-refractivity contribution in [3.8, 4) is 5.75 Å². The average Bonchev–Trinajstić information content (AvgIpc) is 3.30. The zero-order valence-electron chi connectivity index (χ0n) is 20.9. The van der Waals surface area contributed by atoms with E-state index in [0.29, 0.717) is 11.3 Å². The lowest BCUT2D eigenvalue weighted by Crippen LogP contribution is -2.30. The van der Waals surface area contributed by atoms with Crippen LogP contribution in [0.1, 0.15) is 23.1 Å². The molecule has 3 aromatic carbocycles. The standard InChI is InChI=1S/C28H25F3N4O4/c1-18-5-9-23(10-6-18)35-16-20(13-26(35)37)27(38)34-32-15-19-7-11-24(12-8-19)39-17-25(36)33-22-4-2-3-21(14-22)28(29,30)31/h2-12,14-15,20H,13,16-17H2,1H3,(H,33,36)(H,34,38)/b32-15+/t20-/m1/s1. The van der Waals surface area contributed by atoms with Gasteiger partial charge in [0.25, 0.3) is 5.91 Å². The molecule has 0 unspecified atom stereocenters. The summed E-state index contributed by atoms with van der Waals surface area (Å²) in [5.74, 6) is -1.26. The number of alkyl halides is 3. The SMILES string of the molecule is Cc1ccc(N2C[C@H](C(=O)N/N=C/c3ccc(OCC(=O)Nc4cccc(C(F)(F)F)c4)cc3)CC2=O)cc1. The number of hydrazone groups is 1. The minimum atomic E-state index is -4.51. The minimum absolute atomic E-state index is 0.0110. The van der Waals surface area contributed by atoms with Crippen LogP contribution >= 0.6 is 0 Å². The number of ether oxygens (including phenoxy) is 1. The summed E-state index contributed by atoms with van der Waals surface area (Å²) in [6.45, 7) is 1.83. The van der Waals surface area contributed by atoms with Crippen LogP contribution in [0.15, 0.2) is 77.9 Å². The highest BCUT2D eigenvalue weighted by molar-refractivity contribution is 6.00. The Kier molecular flexibility index (Phi) is 8.28. The number of hydrogen-bond acceptors (Lipinski definition) is 5. The Morgan fingerprint density at radius 1 is 1.08 bits per heavy atom. The monoisotopic (exact) mass is 538 g/mol. The molecule has 0 aromatic heterocycles. The second kappa shape index (κ2) is 11.8. The third-order valence-electron chi connectivity index (χ3n) is 5.95. The van der Waals surface area contributed by atoms with E-state index >= 15 is 0 Å². The van der Waals surface area contributed by atoms with Gasteiger partial charge >= 0.3 is 6.18 Å². The molecule has 0 radical (unpaired) electrons. The van der Waals surface area contributed by atoms with Crippen LogP contribution < -0.4 is 20.4 Å². The number of carbonyl (C=O) groups is 3. The molecule has 1 saturated heterocycles. The van der Waals surface area contributed by atoms with Crippen molar-refractivity contribution in [1.29, 1.82) is 0 Å². The van der Waals surface area contributed by atoms with Crippen LogP contribution in [0.25, 0.3) is 0 Å². The highest BCUT2D eigenvalue weighted by Gasteiger charge is 2.35. The summed E-state index contributed by atoms with van der Waals surface area (Å²) in [7, 11) is 0. The van der Waals surface area contributed by atoms with Gasteiger partial charge in [-0.2, -0.15) is 18.3 Å². The van der Waals surface area contributed by atoms with Crippen molar-refractivity contribution in [3.05, 3.63) is 89.5 Å². The smallest absolute Gasteiger partial charge is 0.416 e. The lowest BCUT2D eigenvalue weighted by atomic mass is 10.1. The van der Waals surface area contributed by atoms with Crippen LogP contribution in [-0.4, -0.2) is 37.1 Å². The van der Waals surface area contributed by atoms with E-state index < -0.39 is 30.2 Å². The molecular formula is C28H25F3N4O4. The Balaban J connectivity index is 1.22. The number of aryl methyl sites for hydroxylation is 1. The third kappa shape index (κ3) is 7.44. The lowest BCUT2D eigenvalue weighted by Gasteiger charge is -2.16. The van der Waals surface area contributed by atoms with Gasteiger partial charge < -0.3 is 15.0 Å². The van der Waals surface area contributed by atoms with E-state index in [1.165, 1.54) is 18.3 Å². The van der Waals surface area contributed by atoms with Crippen LogP contribution in [0.2, 0.25) is 0 Å². The number of nitrogens with zero attached hydrogens (tertiary/aromatic N) is 2. The molecule has 3 aromatic rings. The summed E-state index contributed by atoms with van der Waals surface area (Å²) in [6, 6.07) is 18.3. The lowest BCUT2D eigenvalue weighted by molar-refractivity contribution is -0.137. The Labute approximate surface area is 222 Å². The molecule has 2 N–H and O–H groups in total. The summed E-state index contributed by atoms with van der Waals surface area (Å²) in [4.78, 5) is 38.5. The van der Waals surface area contributed by atoms with E-state index in [4.69, 9.17) is 4.74 Å². The number of amides is 3. The zero-order chi connectivity index (χ0) is 28.0. The molecule has 1 fully saturated rings. The van der Waals surface area contributed by atoms with E-state index in [-0.39, 0.29) is 30.5 Å². The Morgan fingerprint density at radius 2 is 1.79 bits per heavy atom. The molecule has 1 aliphatic rings. The minimum Gasteiger partial charge on any atom is -0.484 e. The molecule has 4 rings (SSSR count). The highest BCUT2D eigenvalue weighted by Crippen LogP contribution is 2.30. The van der Waals surface area contributed by atoms with Crippen LogP contribution in [0, 0.1) is 12.8 Å². The first-order chi connectivity index (χ1) is 18.6. The molecule has 0 saturated carbocycles. The largest absolute Gasteiger partial charge is 0.484 e. The van der Waals surface area contributed by atoms with Crippen LogP contribution in [-0.2, 0) is 20.6 Å². The quantitative estimate of drug-likeness (QED) is 0.325. The van der Waals surface area contributed by atoms with Crippen molar-refractivity contribution in [2.45, 2.75) is 19.5 Å². The maximum Gasteiger partial charge on any atom is 0.416 e. The van der Waals surface area contributed by atoms with Crippen LogP contribution in [0.3, 0.4) is 0 Å². The Bertz CT molecular complexity index is 1370. The maximum atomic E-state index is 12.8. The summed E-state index contributed by atoms with van der Waals surface area (Å²) in [6.07, 6.45) is -2.98. The Hall–Kier alpha value is -4.67. The van der Waals surface area contributed by atoms with Crippen molar-refractivity contribution in [3.63, 3.8) is 0 Å². The van der Waals surface area contributed by atoms with Crippen molar-refractivity contribution in [2.24, 2.45) is 11.0 Å². The maximum absolute atomic E-state index is 12.8. The summed E-state index contributed by atoms with van der Waals surface area (Å²) in [5.41, 5.74) is 4.07. The Morgan fingerprint density at radius 3 is 2.49 bits per heavy atom. The molecule has 1 heterocycles. The van der Waals surface area contributed by atoms with Crippen molar-refractivity contribution in [1.82, 2.24) is 5.43 Å². The fraction of sp³-hybridized carbons (Fsp3) is 0.214. The van der Waals surface area contributed by atoms with E-state index in [9.17, 15) is 27.6 Å². The number of anilines is 2. The molecule has 0 bridgehead atoms. The van der Waals surface area contributed by atoms with E-state index in [0.717, 1.165) is 23.4 Å². The summed E-state index contributed by atoms with van der Waals surface area (Å²) in [5, 5.41) is 6.32. The number of nitrogens with one attached hydrogen (secondary N) is 2. The summed E-state index contributed by atoms with van der Waals surface area (Å²) < 4.78 is 43.8. The molecular weight excluding hydrogens is 513 g/mol. The molecule has 0 spiro atoms. The van der Waals surface area contributed by atoms with Gasteiger partial charge in [-0.3, -0.25) is 14.4 Å². The van der Waals surface area contributed by atoms with E-state index in [1.807, 2.05) is 31.2 Å². The molecule has 39 heavy (non-hydrogen) atoms. The van der Waals surface area contributed by atoms with E-state index in [2.05, 4.69) is 15.8 Å². The molecule has 8 nitrogen and oxygen atoms in total. The number of benzene rings is 3. The number of halogens is 3. The van der Waals surface area contributed by atoms with Crippen molar-refractivity contribution >= 4 is 35.3 Å². The fourth-order valence-corrected chi connectivity index (χ4v) is 3.89. The van der Waals surface area contributed by atoms with Crippen LogP contribution in [0.5, 0.6) is 5.75 Å². The predicted molar refractivity (Wildman–Crippen MR) is 139 cm³/mol. The first-order valence-corrected chi connectivity index (χ1v) is 12.0. The van der Waals surface area contributed by atoms with Gasteiger partial charge in [0, 0.05) is 24.3 Å². The van der Waals surface area contributed by atoms with Gasteiger partial charge in [0.1, 0.15) is 5.75 Å². The van der Waals surface area contributed by atoms with Crippen LogP contribution in [0.4, 0.5) is 24.5 Å². The zero-order valence-corrected chi connectivity index (χ0v) is 20.9. The first-order valence-electron chi connectivity index (χ1n) is 12.0. The molecule has 1 atom stereocenters.